The van der Waals surface area contributed by atoms with Crippen molar-refractivity contribution in [3.63, 3.8) is 0 Å². The highest BCUT2D eigenvalue weighted by molar-refractivity contribution is 5.80. The van der Waals surface area contributed by atoms with E-state index in [1.807, 2.05) is 0 Å². The van der Waals surface area contributed by atoms with Crippen LogP contribution in [0, 0.1) is 0 Å². The largest absolute Gasteiger partial charge is 0.394 e. The summed E-state index contributed by atoms with van der Waals surface area (Å²) < 4.78 is 11.1. The van der Waals surface area contributed by atoms with E-state index in [0.717, 1.165) is 70.6 Å². The van der Waals surface area contributed by atoms with Gasteiger partial charge in [0.2, 0.25) is 5.91 Å². The van der Waals surface area contributed by atoms with Crippen molar-refractivity contribution in [3.8, 4) is 0 Å². The molecule has 0 radical (unpaired) electrons. The van der Waals surface area contributed by atoms with Crippen LogP contribution in [-0.4, -0.2) is 110 Å². The average molecular weight is 991 g/mol. The summed E-state index contributed by atoms with van der Waals surface area (Å²) in [5.74, 6) is -0.721. The number of carbonyl (C=O) groups excluding carboxylic acids is 1. The Hall–Kier alpha value is -2.19. The first-order chi connectivity index (χ1) is 34.2. The molecule has 0 aliphatic carbocycles. The van der Waals surface area contributed by atoms with Crippen molar-refractivity contribution in [3.05, 3.63) is 60.8 Å². The lowest BCUT2D eigenvalue weighted by molar-refractivity contribution is -0.303. The van der Waals surface area contributed by atoms with Gasteiger partial charge in [0.15, 0.2) is 6.29 Å². The summed E-state index contributed by atoms with van der Waals surface area (Å²) in [5, 5.41) is 76.1. The molecule has 1 amide bonds. The molecule has 1 heterocycles. The number of hydrogen-bond donors (Lipinski definition) is 8. The van der Waals surface area contributed by atoms with Gasteiger partial charge in [0, 0.05) is 0 Å². The second-order valence-corrected chi connectivity index (χ2v) is 20.0. The van der Waals surface area contributed by atoms with Gasteiger partial charge in [0.25, 0.3) is 0 Å². The van der Waals surface area contributed by atoms with E-state index in [-0.39, 0.29) is 12.8 Å². The van der Waals surface area contributed by atoms with Gasteiger partial charge in [-0.2, -0.15) is 0 Å². The molecular formula is C59H107NO10. The number of aliphatic hydroxyl groups is 7. The molecule has 0 aromatic heterocycles. The molecule has 70 heavy (non-hydrogen) atoms. The lowest BCUT2D eigenvalue weighted by Crippen LogP contribution is -2.60. The van der Waals surface area contributed by atoms with Crippen LogP contribution in [0.3, 0.4) is 0 Å². The van der Waals surface area contributed by atoms with Gasteiger partial charge in [-0.05, 0) is 96.3 Å². The van der Waals surface area contributed by atoms with Crippen molar-refractivity contribution >= 4 is 5.91 Å². The second kappa shape index (κ2) is 47.8. The first kappa shape index (κ1) is 65.8. The molecule has 408 valence electrons. The third kappa shape index (κ3) is 35.8. The number of allylic oxidation sites excluding steroid dienone is 10. The van der Waals surface area contributed by atoms with Crippen molar-refractivity contribution in [2.75, 3.05) is 13.2 Å². The highest BCUT2D eigenvalue weighted by atomic mass is 16.7. The van der Waals surface area contributed by atoms with Crippen LogP contribution in [0.2, 0.25) is 0 Å². The Bertz CT molecular complexity index is 1320. The van der Waals surface area contributed by atoms with Crippen LogP contribution in [0.25, 0.3) is 0 Å². The van der Waals surface area contributed by atoms with Crippen molar-refractivity contribution < 1.29 is 50.0 Å². The van der Waals surface area contributed by atoms with E-state index in [4.69, 9.17) is 9.47 Å². The number of carbonyl (C=O) groups is 1. The lowest BCUT2D eigenvalue weighted by atomic mass is 9.98. The predicted octanol–water partition coefficient (Wildman–Crippen LogP) is 11.8. The fraction of sp³-hybridized carbons (Fsp3) is 0.814. The molecule has 1 saturated heterocycles. The Morgan fingerprint density at radius 3 is 1.36 bits per heavy atom. The molecule has 0 aromatic rings. The van der Waals surface area contributed by atoms with Gasteiger partial charge in [0.05, 0.1) is 25.4 Å². The maximum atomic E-state index is 13.2. The van der Waals surface area contributed by atoms with Crippen LogP contribution in [-0.2, 0) is 14.3 Å². The van der Waals surface area contributed by atoms with E-state index in [9.17, 15) is 40.5 Å². The Morgan fingerprint density at radius 2 is 0.900 bits per heavy atom. The Morgan fingerprint density at radius 1 is 0.500 bits per heavy atom. The van der Waals surface area contributed by atoms with Crippen LogP contribution in [0.4, 0.5) is 0 Å². The van der Waals surface area contributed by atoms with Gasteiger partial charge in [-0.25, -0.2) is 0 Å². The lowest BCUT2D eigenvalue weighted by Gasteiger charge is -2.40. The SMILES string of the molecule is CCCCCCCCCC/C=C/CC/C=C/CC/C=C/CCCC(O)C(O)C(COC1OC(CO)C(O)C(O)C1O)NC(=O)C(O)CCCCCCCC/C=C\C/C=C\CCCCCCCCCCC. The molecule has 8 N–H and O–H groups in total. The molecule has 0 aromatic carbocycles. The first-order valence-corrected chi connectivity index (χ1v) is 28.7. The first-order valence-electron chi connectivity index (χ1n) is 28.7. The number of amides is 1. The Labute approximate surface area is 427 Å². The summed E-state index contributed by atoms with van der Waals surface area (Å²) in [4.78, 5) is 13.2. The molecule has 11 heteroatoms. The van der Waals surface area contributed by atoms with E-state index >= 15 is 0 Å². The predicted molar refractivity (Wildman–Crippen MR) is 288 cm³/mol. The third-order valence-electron chi connectivity index (χ3n) is 13.5. The number of aliphatic hydroxyl groups excluding tert-OH is 7. The number of rotatable bonds is 48. The Kier molecular flexibility index (Phi) is 44.9. The summed E-state index contributed by atoms with van der Waals surface area (Å²) in [6.45, 7) is 3.43. The highest BCUT2D eigenvalue weighted by Crippen LogP contribution is 2.23. The minimum Gasteiger partial charge on any atom is -0.394 e. The maximum Gasteiger partial charge on any atom is 0.249 e. The number of nitrogens with one attached hydrogen (secondary N) is 1. The molecule has 1 fully saturated rings. The molecular weight excluding hydrogens is 883 g/mol. The van der Waals surface area contributed by atoms with E-state index in [1.54, 1.807) is 0 Å². The topological polar surface area (TPSA) is 189 Å². The minimum absolute atomic E-state index is 0.235. The zero-order valence-electron chi connectivity index (χ0n) is 44.5. The third-order valence-corrected chi connectivity index (χ3v) is 13.5. The quantitative estimate of drug-likeness (QED) is 0.0215. The van der Waals surface area contributed by atoms with Crippen molar-refractivity contribution in [1.82, 2.24) is 5.32 Å². The summed E-state index contributed by atoms with van der Waals surface area (Å²) in [7, 11) is 0. The van der Waals surface area contributed by atoms with Gasteiger partial charge in [-0.1, -0.05) is 203 Å². The maximum absolute atomic E-state index is 13.2. The van der Waals surface area contributed by atoms with E-state index in [1.165, 1.54) is 122 Å². The molecule has 0 saturated carbocycles. The fourth-order valence-electron chi connectivity index (χ4n) is 8.80. The summed E-state index contributed by atoms with van der Waals surface area (Å²) >= 11 is 0. The summed E-state index contributed by atoms with van der Waals surface area (Å²) in [5.41, 5.74) is 0. The Balaban J connectivity index is 2.39. The van der Waals surface area contributed by atoms with Gasteiger partial charge < -0.3 is 50.5 Å². The van der Waals surface area contributed by atoms with Gasteiger partial charge in [-0.3, -0.25) is 4.79 Å². The smallest absolute Gasteiger partial charge is 0.249 e. The number of ether oxygens (including phenoxy) is 2. The van der Waals surface area contributed by atoms with E-state index in [0.29, 0.717) is 19.3 Å². The van der Waals surface area contributed by atoms with Crippen LogP contribution < -0.4 is 5.32 Å². The minimum atomic E-state index is -1.68. The highest BCUT2D eigenvalue weighted by Gasteiger charge is 2.44. The van der Waals surface area contributed by atoms with Crippen molar-refractivity contribution in [2.24, 2.45) is 0 Å². The molecule has 9 unspecified atom stereocenters. The van der Waals surface area contributed by atoms with Crippen LogP contribution in [0.5, 0.6) is 0 Å². The zero-order valence-corrected chi connectivity index (χ0v) is 44.5. The molecule has 1 aliphatic rings. The molecule has 0 bridgehead atoms. The molecule has 1 rings (SSSR count). The molecule has 0 spiro atoms. The molecule has 9 atom stereocenters. The standard InChI is InChI=1S/C59H107NO10/c1-3-5-7-9-11-13-15-17-19-21-23-25-27-29-31-33-35-37-39-41-43-45-47-52(63)58(68)60-50(49-69-59-57(67)56(66)55(65)53(48-61)70-59)54(64)51(62)46-44-42-40-38-36-34-32-30-28-26-24-22-20-18-16-14-12-10-8-6-4-2/h22-25,29-32,38,40,50-57,59,61-67H,3-21,26-28,33-37,39,41-49H2,1-2H3,(H,60,68)/b24-22+,25-23-,31-29-,32-30+,40-38+. The second-order valence-electron chi connectivity index (χ2n) is 20.0. The van der Waals surface area contributed by atoms with E-state index in [2.05, 4.69) is 79.9 Å². The molecule has 1 aliphatic heterocycles. The van der Waals surface area contributed by atoms with Gasteiger partial charge in [-0.15, -0.1) is 0 Å². The van der Waals surface area contributed by atoms with Crippen molar-refractivity contribution in [2.45, 2.75) is 294 Å². The monoisotopic (exact) mass is 990 g/mol. The zero-order chi connectivity index (χ0) is 51.1. The normalized spacial score (nSPS) is 20.7. The van der Waals surface area contributed by atoms with Crippen LogP contribution in [0.1, 0.15) is 239 Å². The molecule has 11 nitrogen and oxygen atoms in total. The summed E-state index contributed by atoms with van der Waals surface area (Å²) in [6, 6.07) is -1.20. The van der Waals surface area contributed by atoms with Crippen LogP contribution in [0.15, 0.2) is 60.8 Å². The fourth-order valence-corrected chi connectivity index (χ4v) is 8.80. The van der Waals surface area contributed by atoms with E-state index < -0.39 is 74.2 Å². The number of hydrogen-bond acceptors (Lipinski definition) is 10. The van der Waals surface area contributed by atoms with Crippen molar-refractivity contribution in [1.29, 1.82) is 0 Å². The van der Waals surface area contributed by atoms with Gasteiger partial charge in [0.1, 0.15) is 36.6 Å². The number of unbranched alkanes of at least 4 members (excludes halogenated alkanes) is 26. The van der Waals surface area contributed by atoms with Crippen LogP contribution >= 0.6 is 0 Å². The summed E-state index contributed by atoms with van der Waals surface area (Å²) in [6.07, 6.45) is 49.8. The van der Waals surface area contributed by atoms with Gasteiger partial charge >= 0.3 is 0 Å². The average Bonchev–Trinajstić information content (AvgIpc) is 3.36.